The molecule has 4 aromatic rings. The summed E-state index contributed by atoms with van der Waals surface area (Å²) in [4.78, 5) is 35.2. The lowest BCUT2D eigenvalue weighted by Crippen LogP contribution is -2.34. The summed E-state index contributed by atoms with van der Waals surface area (Å²) in [5.41, 5.74) is 0.786. The van der Waals surface area contributed by atoms with Crippen molar-refractivity contribution in [3.63, 3.8) is 0 Å². The van der Waals surface area contributed by atoms with Crippen molar-refractivity contribution in [2.75, 3.05) is 11.4 Å². The van der Waals surface area contributed by atoms with E-state index in [1.54, 1.807) is 16.7 Å². The quantitative estimate of drug-likeness (QED) is 0.490. The van der Waals surface area contributed by atoms with Gasteiger partial charge in [-0.15, -0.1) is 0 Å². The number of benzene rings is 1. The lowest BCUT2D eigenvalue weighted by Gasteiger charge is -2.29. The number of rotatable bonds is 3. The molecule has 4 heterocycles. The van der Waals surface area contributed by atoms with Gasteiger partial charge in [-0.25, -0.2) is 14.4 Å². The zero-order valence-corrected chi connectivity index (χ0v) is 17.3. The van der Waals surface area contributed by atoms with Crippen LogP contribution in [0.3, 0.4) is 0 Å². The maximum atomic E-state index is 14.6. The molecular weight excluding hydrogens is 416 g/mol. The molecule has 32 heavy (non-hydrogen) atoms. The zero-order chi connectivity index (χ0) is 21.8. The van der Waals surface area contributed by atoms with Gasteiger partial charge < -0.3 is 9.88 Å². The number of nitrogens with one attached hydrogen (secondary N) is 1. The van der Waals surface area contributed by atoms with Crippen molar-refractivity contribution in [1.29, 1.82) is 0 Å². The summed E-state index contributed by atoms with van der Waals surface area (Å²) in [7, 11) is 0. The number of fused-ring (bicyclic) bond motifs is 2. The molecule has 0 radical (unpaired) electrons. The van der Waals surface area contributed by atoms with E-state index >= 15 is 0 Å². The first kappa shape index (κ1) is 19.3. The highest BCUT2D eigenvalue weighted by atomic mass is 19.1. The number of nitrogens with zero attached hydrogens (tertiary/aromatic N) is 6. The molecule has 1 N–H and O–H groups in total. The van der Waals surface area contributed by atoms with Crippen molar-refractivity contribution in [3.05, 3.63) is 52.6 Å². The SMILES string of the molecule is O=c1c2c(F)cccc2nc([C@@H]2CCCN2c2nc(F)nc3nc[nH]c23)n1C1CCCC1. The summed E-state index contributed by atoms with van der Waals surface area (Å²) in [5.74, 6) is 0.432. The molecule has 1 aliphatic heterocycles. The van der Waals surface area contributed by atoms with Gasteiger partial charge in [-0.3, -0.25) is 9.36 Å². The molecule has 1 aromatic carbocycles. The molecule has 1 atom stereocenters. The van der Waals surface area contributed by atoms with E-state index in [0.29, 0.717) is 29.2 Å². The fourth-order valence-corrected chi connectivity index (χ4v) is 5.26. The highest BCUT2D eigenvalue weighted by Crippen LogP contribution is 2.39. The fraction of sp³-hybridized carbons (Fsp3) is 0.409. The van der Waals surface area contributed by atoms with E-state index in [2.05, 4.69) is 19.9 Å². The molecule has 10 heteroatoms. The average Bonchev–Trinajstić information content (AvgIpc) is 3.54. The van der Waals surface area contributed by atoms with Crippen molar-refractivity contribution in [2.24, 2.45) is 0 Å². The first-order chi connectivity index (χ1) is 15.6. The third kappa shape index (κ3) is 2.89. The Balaban J connectivity index is 1.57. The number of H-pyrrole nitrogens is 1. The van der Waals surface area contributed by atoms with E-state index in [1.807, 2.05) is 4.90 Å². The second-order valence-electron chi connectivity index (χ2n) is 8.49. The molecule has 8 nitrogen and oxygen atoms in total. The molecule has 2 aliphatic rings. The second kappa shape index (κ2) is 7.32. The molecule has 0 unspecified atom stereocenters. The van der Waals surface area contributed by atoms with Crippen LogP contribution in [0.15, 0.2) is 29.3 Å². The zero-order valence-electron chi connectivity index (χ0n) is 17.3. The molecule has 164 valence electrons. The smallest absolute Gasteiger partial charge is 0.312 e. The minimum Gasteiger partial charge on any atom is -0.344 e. The predicted molar refractivity (Wildman–Crippen MR) is 114 cm³/mol. The summed E-state index contributed by atoms with van der Waals surface area (Å²) < 4.78 is 30.5. The molecular formula is C22H21F2N7O. The number of imidazole rings is 1. The Morgan fingerprint density at radius 2 is 1.88 bits per heavy atom. The van der Waals surface area contributed by atoms with Gasteiger partial charge in [0.2, 0.25) is 0 Å². The lowest BCUT2D eigenvalue weighted by molar-refractivity contribution is 0.452. The highest BCUT2D eigenvalue weighted by Gasteiger charge is 2.35. The minimum atomic E-state index is -0.855. The Kier molecular flexibility index (Phi) is 4.41. The van der Waals surface area contributed by atoms with Gasteiger partial charge in [0.25, 0.3) is 5.56 Å². The number of aromatic amines is 1. The Hall–Kier alpha value is -3.43. The van der Waals surface area contributed by atoms with Crippen molar-refractivity contribution < 1.29 is 8.78 Å². The summed E-state index contributed by atoms with van der Waals surface area (Å²) in [6, 6.07) is 4.21. The van der Waals surface area contributed by atoms with Gasteiger partial charge in [-0.05, 0) is 37.8 Å². The molecule has 6 rings (SSSR count). The van der Waals surface area contributed by atoms with Crippen LogP contribution in [0, 0.1) is 11.9 Å². The Morgan fingerprint density at radius 3 is 2.72 bits per heavy atom. The molecule has 1 saturated carbocycles. The van der Waals surface area contributed by atoms with Gasteiger partial charge in [0, 0.05) is 12.6 Å². The van der Waals surface area contributed by atoms with Gasteiger partial charge in [0.05, 0.1) is 17.9 Å². The summed E-state index contributed by atoms with van der Waals surface area (Å²) in [5, 5.41) is 0.0248. The Morgan fingerprint density at radius 1 is 1.03 bits per heavy atom. The average molecular weight is 437 g/mol. The molecule has 0 bridgehead atoms. The van der Waals surface area contributed by atoms with Crippen LogP contribution in [0.25, 0.3) is 22.1 Å². The molecule has 2 fully saturated rings. The second-order valence-corrected chi connectivity index (χ2v) is 8.49. The van der Waals surface area contributed by atoms with E-state index < -0.39 is 11.9 Å². The predicted octanol–water partition coefficient (Wildman–Crippen LogP) is 3.80. The van der Waals surface area contributed by atoms with E-state index in [-0.39, 0.29) is 28.7 Å². The van der Waals surface area contributed by atoms with Gasteiger partial charge in [-0.2, -0.15) is 14.4 Å². The molecule has 3 aromatic heterocycles. The highest BCUT2D eigenvalue weighted by molar-refractivity contribution is 5.83. The van der Waals surface area contributed by atoms with E-state index in [4.69, 9.17) is 4.98 Å². The number of anilines is 1. The van der Waals surface area contributed by atoms with E-state index in [1.165, 1.54) is 12.4 Å². The maximum Gasteiger partial charge on any atom is 0.312 e. The summed E-state index contributed by atoms with van der Waals surface area (Å²) in [6.45, 7) is 0.622. The van der Waals surface area contributed by atoms with Gasteiger partial charge >= 0.3 is 6.08 Å². The molecule has 1 aliphatic carbocycles. The van der Waals surface area contributed by atoms with Crippen LogP contribution in [0.1, 0.15) is 56.4 Å². The first-order valence-corrected chi connectivity index (χ1v) is 11.0. The van der Waals surface area contributed by atoms with Gasteiger partial charge in [0.1, 0.15) is 22.5 Å². The van der Waals surface area contributed by atoms with E-state index in [0.717, 1.165) is 38.5 Å². The van der Waals surface area contributed by atoms with Crippen LogP contribution in [-0.2, 0) is 0 Å². The van der Waals surface area contributed by atoms with Gasteiger partial charge in [-0.1, -0.05) is 18.9 Å². The third-order valence-corrected chi connectivity index (χ3v) is 6.66. The lowest BCUT2D eigenvalue weighted by atomic mass is 10.1. The normalized spacial score (nSPS) is 19.6. The Labute approximate surface area is 181 Å². The van der Waals surface area contributed by atoms with Crippen LogP contribution in [0.2, 0.25) is 0 Å². The van der Waals surface area contributed by atoms with Crippen LogP contribution in [0.5, 0.6) is 0 Å². The number of halogens is 2. The van der Waals surface area contributed by atoms with Crippen molar-refractivity contribution >= 4 is 27.9 Å². The third-order valence-electron chi connectivity index (χ3n) is 6.66. The number of aromatic nitrogens is 6. The largest absolute Gasteiger partial charge is 0.344 e. The molecule has 0 spiro atoms. The monoisotopic (exact) mass is 437 g/mol. The van der Waals surface area contributed by atoms with Crippen molar-refractivity contribution in [3.8, 4) is 0 Å². The molecule has 1 saturated heterocycles. The first-order valence-electron chi connectivity index (χ1n) is 11.0. The van der Waals surface area contributed by atoms with Crippen LogP contribution < -0.4 is 10.5 Å². The van der Waals surface area contributed by atoms with Crippen LogP contribution >= 0.6 is 0 Å². The van der Waals surface area contributed by atoms with E-state index in [9.17, 15) is 13.6 Å². The van der Waals surface area contributed by atoms with Crippen LogP contribution in [-0.4, -0.2) is 36.0 Å². The Bertz CT molecular complexity index is 1390. The minimum absolute atomic E-state index is 0.0224. The van der Waals surface area contributed by atoms with Gasteiger partial charge in [0.15, 0.2) is 11.5 Å². The fourth-order valence-electron chi connectivity index (χ4n) is 5.26. The van der Waals surface area contributed by atoms with Crippen molar-refractivity contribution in [2.45, 2.75) is 50.6 Å². The summed E-state index contributed by atoms with van der Waals surface area (Å²) in [6.07, 6.45) is 5.90. The number of hydrogen-bond donors (Lipinski definition) is 1. The molecule has 0 amide bonds. The number of hydrogen-bond acceptors (Lipinski definition) is 6. The summed E-state index contributed by atoms with van der Waals surface area (Å²) >= 11 is 0. The van der Waals surface area contributed by atoms with Crippen LogP contribution in [0.4, 0.5) is 14.6 Å². The topological polar surface area (TPSA) is 92.6 Å². The maximum absolute atomic E-state index is 14.6. The van der Waals surface area contributed by atoms with Crippen molar-refractivity contribution in [1.82, 2.24) is 29.5 Å². The standard InChI is InChI=1S/C22H21F2N7O/c23-13-7-3-8-14-16(13)21(32)31(12-5-1-2-6-12)19(27-14)15-9-4-10-30(15)20-17-18(26-11-25-17)28-22(24)29-20/h3,7-8,11-12,15H,1-2,4-6,9-10H2,(H,25,26,28,29)/t15-/m0/s1.